The van der Waals surface area contributed by atoms with Crippen LogP contribution in [0.2, 0.25) is 5.02 Å². The number of nitrogens with one attached hydrogen (secondary N) is 1. The van der Waals surface area contributed by atoms with Crippen molar-refractivity contribution in [1.29, 1.82) is 0 Å². The number of anilines is 1. The van der Waals surface area contributed by atoms with Crippen molar-refractivity contribution in [2.24, 2.45) is 0 Å². The number of benzene rings is 2. The fraction of sp³-hybridized carbons (Fsp3) is 0.368. The van der Waals surface area contributed by atoms with Gasteiger partial charge in [0.15, 0.2) is 17.4 Å². The van der Waals surface area contributed by atoms with Crippen molar-refractivity contribution in [3.8, 4) is 17.0 Å². The van der Waals surface area contributed by atoms with E-state index in [1.54, 1.807) is 24.4 Å². The average Bonchev–Trinajstić information content (AvgIpc) is 3.49. The van der Waals surface area contributed by atoms with Crippen LogP contribution in [0.5, 0.6) is 5.75 Å². The molecule has 258 valence electrons. The van der Waals surface area contributed by atoms with E-state index < -0.39 is 17.7 Å². The van der Waals surface area contributed by atoms with Crippen molar-refractivity contribution in [1.82, 2.24) is 19.9 Å². The van der Waals surface area contributed by atoms with Crippen molar-refractivity contribution in [3.63, 3.8) is 0 Å². The zero-order chi connectivity index (χ0) is 35.3. The molecule has 1 amide bonds. The van der Waals surface area contributed by atoms with Crippen LogP contribution in [-0.4, -0.2) is 58.4 Å². The smallest absolute Gasteiger partial charge is 0.340 e. The Kier molecular flexibility index (Phi) is 11.1. The van der Waals surface area contributed by atoms with E-state index in [-0.39, 0.29) is 18.2 Å². The zero-order valence-electron chi connectivity index (χ0n) is 28.8. The van der Waals surface area contributed by atoms with Crippen molar-refractivity contribution in [2.45, 2.75) is 65.7 Å². The summed E-state index contributed by atoms with van der Waals surface area (Å²) in [6.45, 7) is 19.0. The van der Waals surface area contributed by atoms with Gasteiger partial charge >= 0.3 is 5.97 Å². The molecule has 1 unspecified atom stereocenters. The van der Waals surface area contributed by atoms with Gasteiger partial charge in [-0.15, -0.1) is 13.2 Å². The van der Waals surface area contributed by atoms with Crippen molar-refractivity contribution in [3.05, 3.63) is 101 Å². The molecule has 0 saturated heterocycles. The van der Waals surface area contributed by atoms with Crippen LogP contribution < -0.4 is 15.0 Å². The maximum Gasteiger partial charge on any atom is 0.340 e. The summed E-state index contributed by atoms with van der Waals surface area (Å²) < 4.78 is 19.4. The summed E-state index contributed by atoms with van der Waals surface area (Å²) in [4.78, 5) is 34.2. The number of rotatable bonds is 13. The fourth-order valence-electron chi connectivity index (χ4n) is 5.97. The van der Waals surface area contributed by atoms with E-state index in [9.17, 15) is 9.59 Å². The summed E-state index contributed by atoms with van der Waals surface area (Å²) in [5.74, 6) is -0.315. The number of fused-ring (bicyclic) bond motifs is 2. The Morgan fingerprint density at radius 1 is 1.14 bits per heavy atom. The van der Waals surface area contributed by atoms with Crippen LogP contribution >= 0.6 is 11.6 Å². The Hall–Kier alpha value is -4.67. The van der Waals surface area contributed by atoms with Crippen LogP contribution in [0.3, 0.4) is 0 Å². The molecule has 4 aromatic rings. The van der Waals surface area contributed by atoms with Crippen LogP contribution in [0.25, 0.3) is 16.9 Å². The van der Waals surface area contributed by atoms with Crippen molar-refractivity contribution >= 4 is 34.8 Å². The molecule has 0 fully saturated rings. The minimum atomic E-state index is -1.17. The van der Waals surface area contributed by atoms with Crippen molar-refractivity contribution in [2.75, 3.05) is 31.2 Å². The van der Waals surface area contributed by atoms with Gasteiger partial charge in [0.25, 0.3) is 5.91 Å². The van der Waals surface area contributed by atoms with E-state index in [2.05, 4.69) is 29.4 Å². The second-order valence-corrected chi connectivity index (χ2v) is 13.1. The Morgan fingerprint density at radius 3 is 2.59 bits per heavy atom. The van der Waals surface area contributed by atoms with Crippen LogP contribution in [0, 0.1) is 6.92 Å². The lowest BCUT2D eigenvalue weighted by Crippen LogP contribution is -2.33. The van der Waals surface area contributed by atoms with E-state index >= 15 is 0 Å². The van der Waals surface area contributed by atoms with Gasteiger partial charge in [0, 0.05) is 36.0 Å². The summed E-state index contributed by atoms with van der Waals surface area (Å²) in [7, 11) is 0. The molecule has 11 heteroatoms. The van der Waals surface area contributed by atoms with Gasteiger partial charge in [-0.1, -0.05) is 48.0 Å². The molecule has 0 radical (unpaired) electrons. The normalized spacial score (nSPS) is 13.4. The summed E-state index contributed by atoms with van der Waals surface area (Å²) in [6, 6.07) is 13.3. The molecule has 0 saturated carbocycles. The molecular formula is C38H44ClN5O5. The van der Waals surface area contributed by atoms with Gasteiger partial charge in [0.2, 0.25) is 0 Å². The number of carbonyl (C=O) groups excluding carboxylic acids is 2. The highest BCUT2D eigenvalue weighted by Gasteiger charge is 2.36. The molecule has 1 atom stereocenters. The maximum absolute atomic E-state index is 13.6. The number of hydrogen-bond donors (Lipinski definition) is 1. The third-order valence-electron chi connectivity index (χ3n) is 8.09. The lowest BCUT2D eigenvalue weighted by Gasteiger charge is -2.32. The maximum atomic E-state index is 13.6. The number of esters is 1. The predicted molar refractivity (Wildman–Crippen MR) is 192 cm³/mol. The number of aryl methyl sites for hydroxylation is 2. The molecule has 5 rings (SSSR count). The number of hydrogen-bond acceptors (Lipinski definition) is 8. The highest BCUT2D eigenvalue weighted by Crippen LogP contribution is 2.46. The van der Waals surface area contributed by atoms with E-state index in [0.717, 1.165) is 24.0 Å². The second kappa shape index (κ2) is 15.3. The molecule has 49 heavy (non-hydrogen) atoms. The van der Waals surface area contributed by atoms with Gasteiger partial charge < -0.3 is 24.4 Å². The van der Waals surface area contributed by atoms with Crippen LogP contribution in [0.4, 0.5) is 5.69 Å². The summed E-state index contributed by atoms with van der Waals surface area (Å²) in [5.41, 5.74) is 4.62. The summed E-state index contributed by atoms with van der Waals surface area (Å²) >= 11 is 7.27. The number of allylic oxidation sites excluding steroid dienone is 1. The molecular weight excluding hydrogens is 642 g/mol. The Labute approximate surface area is 292 Å². The molecule has 2 aromatic heterocycles. The van der Waals surface area contributed by atoms with Gasteiger partial charge in [0.05, 0.1) is 35.2 Å². The monoisotopic (exact) mass is 685 g/mol. The second-order valence-electron chi connectivity index (χ2n) is 12.8. The molecule has 1 aliphatic heterocycles. The van der Waals surface area contributed by atoms with Gasteiger partial charge in [-0.3, -0.25) is 4.79 Å². The number of aromatic nitrogens is 3. The van der Waals surface area contributed by atoms with Gasteiger partial charge in [-0.25, -0.2) is 14.3 Å². The molecule has 10 nitrogen and oxygen atoms in total. The predicted octanol–water partition coefficient (Wildman–Crippen LogP) is 7.21. The topological polar surface area (TPSA) is 107 Å². The Balaban J connectivity index is 1.68. The number of nitrogens with zero attached hydrogens (tertiary/aromatic N) is 4. The third-order valence-corrected chi connectivity index (χ3v) is 8.47. The fourth-order valence-corrected chi connectivity index (χ4v) is 6.33. The van der Waals surface area contributed by atoms with Crippen LogP contribution in [0.1, 0.15) is 73.1 Å². The minimum Gasteiger partial charge on any atom is -0.490 e. The molecule has 0 bridgehead atoms. The zero-order valence-corrected chi connectivity index (χ0v) is 29.6. The number of ether oxygens (including phenoxy) is 3. The van der Waals surface area contributed by atoms with E-state index in [1.165, 1.54) is 0 Å². The molecule has 1 N–H and O–H groups in total. The molecule has 2 aromatic carbocycles. The van der Waals surface area contributed by atoms with Gasteiger partial charge in [-0.2, -0.15) is 5.10 Å². The Bertz CT molecular complexity index is 1880. The van der Waals surface area contributed by atoms with E-state index in [0.29, 0.717) is 70.9 Å². The first kappa shape index (κ1) is 35.6. The SMILES string of the molecule is C=CCCc1ccccc1CNC(=O)c1cc2nc(C)c(C(OC(C)(C)C)C(=O)OCC)c(-c3ccc4c(c3Cl)N(CC=C)CCO4)n2n1. The van der Waals surface area contributed by atoms with Gasteiger partial charge in [-0.05, 0) is 70.7 Å². The van der Waals surface area contributed by atoms with E-state index in [1.807, 2.05) is 63.3 Å². The van der Waals surface area contributed by atoms with Crippen LogP contribution in [0.15, 0.2) is 67.8 Å². The first-order chi connectivity index (χ1) is 23.5. The summed E-state index contributed by atoms with van der Waals surface area (Å²) in [5, 5.41) is 8.18. The average molecular weight is 686 g/mol. The summed E-state index contributed by atoms with van der Waals surface area (Å²) in [6.07, 6.45) is 4.18. The third kappa shape index (κ3) is 7.81. The van der Waals surface area contributed by atoms with Crippen LogP contribution in [-0.2, 0) is 27.2 Å². The number of carbonyl (C=O) groups is 2. The largest absolute Gasteiger partial charge is 0.490 e. The molecule has 1 aliphatic rings. The molecule has 3 heterocycles. The highest BCUT2D eigenvalue weighted by atomic mass is 35.5. The van der Waals surface area contributed by atoms with Gasteiger partial charge in [0.1, 0.15) is 12.4 Å². The number of halogens is 1. The first-order valence-corrected chi connectivity index (χ1v) is 16.9. The van der Waals surface area contributed by atoms with Crippen molar-refractivity contribution < 1.29 is 23.8 Å². The standard InChI is InChI=1S/C38H44ClN5O5/c1-8-11-14-25-15-12-13-16-26(25)23-40-36(45)28-22-30-41-24(4)31(35(37(46)47-10-3)49-38(5,6)7)33(44(30)42-28)27-17-18-29-34(32(27)39)43(19-9-2)20-21-48-29/h8-9,12-13,15-18,22,35H,1-2,10-11,14,19-21,23H2,3-7H3,(H,40,45). The highest BCUT2D eigenvalue weighted by molar-refractivity contribution is 6.36. The molecule has 0 aliphatic carbocycles. The lowest BCUT2D eigenvalue weighted by atomic mass is 9.97. The minimum absolute atomic E-state index is 0.156. The molecule has 0 spiro atoms. The van der Waals surface area contributed by atoms with E-state index in [4.69, 9.17) is 35.9 Å². The first-order valence-electron chi connectivity index (χ1n) is 16.5. The quantitative estimate of drug-likeness (QED) is 0.116. The lowest BCUT2D eigenvalue weighted by molar-refractivity contribution is -0.166. The Morgan fingerprint density at radius 2 is 1.90 bits per heavy atom. The number of amides is 1.